The Kier molecular flexibility index (Phi) is 13.9. The highest BCUT2D eigenvalue weighted by Gasteiger charge is 2.28. The first-order valence-electron chi connectivity index (χ1n) is 9.18. The normalized spacial score (nSPS) is 15.7. The molecule has 3 N–H and O–H groups in total. The molecule has 8 heteroatoms. The minimum atomic E-state index is -1.05. The van der Waals surface area contributed by atoms with Crippen molar-refractivity contribution in [3.8, 4) is 0 Å². The molecule has 1 saturated heterocycles. The summed E-state index contributed by atoms with van der Waals surface area (Å²) in [6, 6.07) is 0. The maximum absolute atomic E-state index is 10.3. The van der Waals surface area contributed by atoms with Gasteiger partial charge in [0.1, 0.15) is 0 Å². The number of esters is 1. The van der Waals surface area contributed by atoms with E-state index < -0.39 is 30.0 Å². The third-order valence-electron chi connectivity index (χ3n) is 3.94. The molecule has 0 spiro atoms. The second-order valence-electron chi connectivity index (χ2n) is 6.32. The van der Waals surface area contributed by atoms with Crippen molar-refractivity contribution in [1.29, 1.82) is 0 Å². The van der Waals surface area contributed by atoms with Crippen molar-refractivity contribution in [3.05, 3.63) is 0 Å². The highest BCUT2D eigenvalue weighted by Crippen LogP contribution is 2.13. The molecule has 0 aliphatic carbocycles. The molecule has 0 aromatic carbocycles. The molecule has 1 heterocycles. The summed E-state index contributed by atoms with van der Waals surface area (Å²) >= 11 is 0. The van der Waals surface area contributed by atoms with Gasteiger partial charge in [-0.2, -0.15) is 0 Å². The van der Waals surface area contributed by atoms with E-state index in [0.29, 0.717) is 6.42 Å². The Labute approximate surface area is 153 Å². The van der Waals surface area contributed by atoms with Gasteiger partial charge in [-0.3, -0.25) is 14.4 Å². The summed E-state index contributed by atoms with van der Waals surface area (Å²) in [7, 11) is 0. The van der Waals surface area contributed by atoms with Gasteiger partial charge in [-0.25, -0.2) is 4.79 Å². The van der Waals surface area contributed by atoms with Gasteiger partial charge < -0.3 is 20.1 Å². The third kappa shape index (κ3) is 15.4. The molecule has 0 amide bonds. The minimum Gasteiger partial charge on any atom is -0.481 e. The number of cyclic esters (lactones) is 1. The Morgan fingerprint density at radius 1 is 0.769 bits per heavy atom. The zero-order valence-corrected chi connectivity index (χ0v) is 15.2. The second kappa shape index (κ2) is 15.2. The molecule has 26 heavy (non-hydrogen) atoms. The van der Waals surface area contributed by atoms with Gasteiger partial charge in [-0.15, -0.1) is 0 Å². The van der Waals surface area contributed by atoms with Crippen LogP contribution < -0.4 is 0 Å². The van der Waals surface area contributed by atoms with Gasteiger partial charge in [0.2, 0.25) is 0 Å². The summed E-state index contributed by atoms with van der Waals surface area (Å²) in [6.07, 6.45) is 9.55. The summed E-state index contributed by atoms with van der Waals surface area (Å²) < 4.78 is 4.38. The van der Waals surface area contributed by atoms with Crippen LogP contribution in [0.5, 0.6) is 0 Å². The van der Waals surface area contributed by atoms with Crippen molar-refractivity contribution in [2.24, 2.45) is 0 Å². The number of rotatable bonds is 13. The Bertz CT molecular complexity index is 424. The van der Waals surface area contributed by atoms with Gasteiger partial charge in [-0.1, -0.05) is 44.9 Å². The molecular weight excluding hydrogens is 344 g/mol. The summed E-state index contributed by atoms with van der Waals surface area (Å²) in [5.74, 6) is -2.88. The summed E-state index contributed by atoms with van der Waals surface area (Å²) in [5, 5.41) is 25.1. The molecule has 8 nitrogen and oxygen atoms in total. The lowest BCUT2D eigenvalue weighted by Crippen LogP contribution is -2.18. The van der Waals surface area contributed by atoms with E-state index in [-0.39, 0.29) is 19.3 Å². The third-order valence-corrected chi connectivity index (χ3v) is 3.94. The van der Waals surface area contributed by atoms with Crippen molar-refractivity contribution in [3.63, 3.8) is 0 Å². The van der Waals surface area contributed by atoms with E-state index in [1.54, 1.807) is 0 Å². The molecule has 0 radical (unpaired) electrons. The first kappa shape index (κ1) is 23.9. The van der Waals surface area contributed by atoms with Crippen LogP contribution in [0.1, 0.15) is 83.5 Å². The number of carboxylic acid groups (broad SMARTS) is 3. The van der Waals surface area contributed by atoms with Crippen LogP contribution in [-0.2, 0) is 23.9 Å². The maximum atomic E-state index is 10.3. The standard InChI is InChI=1S/C13H24O4.C5H6O4/c14-12(15)10-8-6-4-2-1-3-5-7-9-11-13(16)17;6-4-2-1-3(9-4)5(7)8/h1-11H2,(H,14,15)(H,16,17);3H,1-2H2,(H,7,8). The molecule has 150 valence electrons. The fraction of sp³-hybridized carbons (Fsp3) is 0.778. The Morgan fingerprint density at radius 3 is 1.38 bits per heavy atom. The van der Waals surface area contributed by atoms with E-state index >= 15 is 0 Å². The van der Waals surface area contributed by atoms with Crippen molar-refractivity contribution in [2.45, 2.75) is 89.6 Å². The molecule has 1 atom stereocenters. The zero-order chi connectivity index (χ0) is 19.8. The Hall–Kier alpha value is -2.12. The van der Waals surface area contributed by atoms with Gasteiger partial charge >= 0.3 is 23.9 Å². The van der Waals surface area contributed by atoms with Crippen LogP contribution in [0.4, 0.5) is 0 Å². The molecule has 0 bridgehead atoms. The summed E-state index contributed by atoms with van der Waals surface area (Å²) in [6.45, 7) is 0. The highest BCUT2D eigenvalue weighted by molar-refractivity contribution is 5.81. The van der Waals surface area contributed by atoms with E-state index in [1.807, 2.05) is 0 Å². The maximum Gasteiger partial charge on any atom is 0.345 e. The summed E-state index contributed by atoms with van der Waals surface area (Å²) in [5.41, 5.74) is 0. The fourth-order valence-electron chi connectivity index (χ4n) is 2.49. The fourth-order valence-corrected chi connectivity index (χ4v) is 2.49. The second-order valence-corrected chi connectivity index (χ2v) is 6.32. The van der Waals surface area contributed by atoms with E-state index in [4.69, 9.17) is 15.3 Å². The van der Waals surface area contributed by atoms with Crippen molar-refractivity contribution in [1.82, 2.24) is 0 Å². The number of hydrogen-bond acceptors (Lipinski definition) is 5. The van der Waals surface area contributed by atoms with Crippen molar-refractivity contribution < 1.29 is 39.2 Å². The summed E-state index contributed by atoms with van der Waals surface area (Å²) in [4.78, 5) is 40.8. The largest absolute Gasteiger partial charge is 0.481 e. The first-order chi connectivity index (χ1) is 12.3. The molecule has 0 saturated carbocycles. The number of carbonyl (C=O) groups is 4. The van der Waals surface area contributed by atoms with Gasteiger partial charge in [0.25, 0.3) is 0 Å². The lowest BCUT2D eigenvalue weighted by Gasteiger charge is -2.01. The van der Waals surface area contributed by atoms with Gasteiger partial charge in [-0.05, 0) is 12.8 Å². The Balaban J connectivity index is 0.000000577. The number of carboxylic acids is 3. The topological polar surface area (TPSA) is 138 Å². The number of carbonyl (C=O) groups excluding carboxylic acids is 1. The molecule has 1 unspecified atom stereocenters. The lowest BCUT2D eigenvalue weighted by atomic mass is 10.1. The Morgan fingerprint density at radius 2 is 1.15 bits per heavy atom. The number of ether oxygens (including phenoxy) is 1. The quantitative estimate of drug-likeness (QED) is 0.330. The molecule has 1 aliphatic heterocycles. The molecule has 0 aromatic heterocycles. The van der Waals surface area contributed by atoms with Crippen LogP contribution in [-0.4, -0.2) is 45.3 Å². The zero-order valence-electron chi connectivity index (χ0n) is 15.2. The number of aliphatic carboxylic acids is 3. The van der Waals surface area contributed by atoms with E-state index in [1.165, 1.54) is 19.3 Å². The number of unbranched alkanes of at least 4 members (excludes halogenated alkanes) is 8. The predicted octanol–water partition coefficient (Wildman–Crippen LogP) is 3.22. The van der Waals surface area contributed by atoms with Gasteiger partial charge in [0.15, 0.2) is 6.10 Å². The number of hydrogen-bond donors (Lipinski definition) is 3. The van der Waals surface area contributed by atoms with Crippen molar-refractivity contribution in [2.75, 3.05) is 0 Å². The monoisotopic (exact) mass is 374 g/mol. The van der Waals surface area contributed by atoms with Crippen LogP contribution in [0.2, 0.25) is 0 Å². The van der Waals surface area contributed by atoms with Crippen molar-refractivity contribution >= 4 is 23.9 Å². The van der Waals surface area contributed by atoms with E-state index in [9.17, 15) is 19.2 Å². The lowest BCUT2D eigenvalue weighted by molar-refractivity contribution is -0.156. The smallest absolute Gasteiger partial charge is 0.345 e. The minimum absolute atomic E-state index is 0.233. The van der Waals surface area contributed by atoms with Crippen LogP contribution >= 0.6 is 0 Å². The average Bonchev–Trinajstić information content (AvgIpc) is 2.99. The highest BCUT2D eigenvalue weighted by atomic mass is 16.6. The first-order valence-corrected chi connectivity index (χ1v) is 9.18. The van der Waals surface area contributed by atoms with Crippen LogP contribution in [0, 0.1) is 0 Å². The SMILES string of the molecule is O=C(O)CCCCCCCCCCCC(=O)O.O=C1CCC(C(=O)O)O1. The molecule has 1 aliphatic rings. The van der Waals surface area contributed by atoms with Crippen LogP contribution in [0.25, 0.3) is 0 Å². The van der Waals surface area contributed by atoms with Gasteiger partial charge in [0.05, 0.1) is 0 Å². The predicted molar refractivity (Wildman–Crippen MR) is 92.8 cm³/mol. The van der Waals surface area contributed by atoms with E-state index in [0.717, 1.165) is 38.5 Å². The molecule has 0 aromatic rings. The van der Waals surface area contributed by atoms with E-state index in [2.05, 4.69) is 4.74 Å². The van der Waals surface area contributed by atoms with Crippen LogP contribution in [0.15, 0.2) is 0 Å². The molecule has 1 fully saturated rings. The molecular formula is C18H30O8. The average molecular weight is 374 g/mol. The molecule has 1 rings (SSSR count). The van der Waals surface area contributed by atoms with Gasteiger partial charge in [0, 0.05) is 25.7 Å². The van der Waals surface area contributed by atoms with Crippen LogP contribution in [0.3, 0.4) is 0 Å².